The first-order chi connectivity index (χ1) is 15.3. The SMILES string of the molecule is O=C(NC1CCCn2ncnc21)c1cccc(NCc2nnc(-c3ccncc3)[nH]2)c1. The number of hydrogen-bond donors (Lipinski definition) is 3. The molecule has 1 aromatic carbocycles. The third-order valence-electron chi connectivity index (χ3n) is 5.20. The van der Waals surface area contributed by atoms with Gasteiger partial charge in [0.1, 0.15) is 18.0 Å². The fraction of sp³-hybridized carbons (Fsp3) is 0.238. The van der Waals surface area contributed by atoms with Crippen LogP contribution < -0.4 is 10.6 Å². The lowest BCUT2D eigenvalue weighted by Gasteiger charge is -2.23. The summed E-state index contributed by atoms with van der Waals surface area (Å²) in [6, 6.07) is 11.0. The van der Waals surface area contributed by atoms with Crippen molar-refractivity contribution in [3.8, 4) is 11.4 Å². The molecule has 0 saturated carbocycles. The minimum atomic E-state index is -0.135. The Morgan fingerprint density at radius 3 is 3.00 bits per heavy atom. The molecule has 0 fully saturated rings. The summed E-state index contributed by atoms with van der Waals surface area (Å²) in [6.45, 7) is 1.29. The molecule has 10 nitrogen and oxygen atoms in total. The van der Waals surface area contributed by atoms with Crippen molar-refractivity contribution in [1.29, 1.82) is 0 Å². The minimum absolute atomic E-state index is 0.124. The zero-order valence-corrected chi connectivity index (χ0v) is 16.7. The van der Waals surface area contributed by atoms with E-state index in [1.54, 1.807) is 18.5 Å². The van der Waals surface area contributed by atoms with Crippen LogP contribution in [-0.2, 0) is 13.1 Å². The molecule has 0 bridgehead atoms. The van der Waals surface area contributed by atoms with Gasteiger partial charge in [-0.15, -0.1) is 10.2 Å². The smallest absolute Gasteiger partial charge is 0.251 e. The third kappa shape index (κ3) is 4.13. The second kappa shape index (κ2) is 8.34. The summed E-state index contributed by atoms with van der Waals surface area (Å²) < 4.78 is 1.85. The van der Waals surface area contributed by atoms with Gasteiger partial charge in [-0.2, -0.15) is 5.10 Å². The highest BCUT2D eigenvalue weighted by molar-refractivity contribution is 5.95. The molecule has 1 atom stereocenters. The van der Waals surface area contributed by atoms with Gasteiger partial charge in [0.15, 0.2) is 5.82 Å². The van der Waals surface area contributed by atoms with Gasteiger partial charge >= 0.3 is 0 Å². The van der Waals surface area contributed by atoms with Crippen LogP contribution in [0.2, 0.25) is 0 Å². The molecule has 0 spiro atoms. The molecule has 1 aliphatic heterocycles. The lowest BCUT2D eigenvalue weighted by Crippen LogP contribution is -2.33. The van der Waals surface area contributed by atoms with Crippen molar-refractivity contribution in [1.82, 2.24) is 40.2 Å². The monoisotopic (exact) mass is 415 g/mol. The number of fused-ring (bicyclic) bond motifs is 1. The Hall–Kier alpha value is -4.08. The van der Waals surface area contributed by atoms with Crippen LogP contribution >= 0.6 is 0 Å². The van der Waals surface area contributed by atoms with Crippen LogP contribution in [0.25, 0.3) is 11.4 Å². The highest BCUT2D eigenvalue weighted by Gasteiger charge is 2.24. The Labute approximate surface area is 178 Å². The third-order valence-corrected chi connectivity index (χ3v) is 5.20. The molecule has 10 heteroatoms. The molecule has 0 saturated heterocycles. The number of hydrogen-bond acceptors (Lipinski definition) is 7. The average molecular weight is 415 g/mol. The molecule has 156 valence electrons. The summed E-state index contributed by atoms with van der Waals surface area (Å²) >= 11 is 0. The van der Waals surface area contributed by atoms with Gasteiger partial charge < -0.3 is 15.6 Å². The first-order valence-electron chi connectivity index (χ1n) is 10.1. The van der Waals surface area contributed by atoms with E-state index in [2.05, 4.69) is 40.9 Å². The maximum atomic E-state index is 12.8. The van der Waals surface area contributed by atoms with Crippen molar-refractivity contribution >= 4 is 11.6 Å². The van der Waals surface area contributed by atoms with E-state index in [1.165, 1.54) is 6.33 Å². The second-order valence-electron chi connectivity index (χ2n) is 7.30. The molecule has 1 aliphatic rings. The molecule has 4 heterocycles. The maximum Gasteiger partial charge on any atom is 0.251 e. The number of pyridine rings is 1. The van der Waals surface area contributed by atoms with Gasteiger partial charge in [-0.1, -0.05) is 6.07 Å². The van der Waals surface area contributed by atoms with Gasteiger partial charge in [-0.3, -0.25) is 9.78 Å². The molecule has 0 radical (unpaired) electrons. The number of rotatable bonds is 6. The molecule has 1 unspecified atom stereocenters. The van der Waals surface area contributed by atoms with Crippen molar-refractivity contribution in [2.24, 2.45) is 0 Å². The Balaban J connectivity index is 1.23. The van der Waals surface area contributed by atoms with E-state index in [0.717, 1.165) is 36.5 Å². The van der Waals surface area contributed by atoms with Crippen LogP contribution in [0.5, 0.6) is 0 Å². The fourth-order valence-electron chi connectivity index (χ4n) is 3.64. The number of aromatic amines is 1. The number of benzene rings is 1. The zero-order chi connectivity index (χ0) is 21.0. The molecule has 3 N–H and O–H groups in total. The summed E-state index contributed by atoms with van der Waals surface area (Å²) in [7, 11) is 0. The molecular formula is C21H21N9O. The predicted molar refractivity (Wildman–Crippen MR) is 113 cm³/mol. The fourth-order valence-corrected chi connectivity index (χ4v) is 3.64. The van der Waals surface area contributed by atoms with Gasteiger partial charge in [0, 0.05) is 35.8 Å². The number of carbonyl (C=O) groups is 1. The number of carbonyl (C=O) groups excluding carboxylic acids is 1. The largest absolute Gasteiger partial charge is 0.378 e. The Morgan fingerprint density at radius 1 is 1.19 bits per heavy atom. The summed E-state index contributed by atoms with van der Waals surface area (Å²) in [6.07, 6.45) is 6.77. The van der Waals surface area contributed by atoms with Crippen molar-refractivity contribution in [3.05, 3.63) is 72.3 Å². The number of amides is 1. The van der Waals surface area contributed by atoms with E-state index in [4.69, 9.17) is 0 Å². The first kappa shape index (κ1) is 18.9. The zero-order valence-electron chi connectivity index (χ0n) is 16.7. The van der Waals surface area contributed by atoms with Gasteiger partial charge in [0.25, 0.3) is 5.91 Å². The lowest BCUT2D eigenvalue weighted by molar-refractivity contribution is 0.0927. The van der Waals surface area contributed by atoms with Crippen LogP contribution in [0.1, 0.15) is 40.9 Å². The number of H-pyrrole nitrogens is 1. The maximum absolute atomic E-state index is 12.8. The summed E-state index contributed by atoms with van der Waals surface area (Å²) in [5.41, 5.74) is 2.32. The number of anilines is 1. The van der Waals surface area contributed by atoms with E-state index >= 15 is 0 Å². The average Bonchev–Trinajstić information content (AvgIpc) is 3.49. The van der Waals surface area contributed by atoms with Crippen molar-refractivity contribution in [2.75, 3.05) is 5.32 Å². The van der Waals surface area contributed by atoms with Crippen LogP contribution in [0.4, 0.5) is 5.69 Å². The Bertz CT molecular complexity index is 1180. The van der Waals surface area contributed by atoms with E-state index in [1.807, 2.05) is 35.0 Å². The quantitative estimate of drug-likeness (QED) is 0.441. The van der Waals surface area contributed by atoms with Crippen LogP contribution in [0.15, 0.2) is 55.1 Å². The van der Waals surface area contributed by atoms with E-state index in [9.17, 15) is 4.79 Å². The summed E-state index contributed by atoms with van der Waals surface area (Å²) in [5, 5.41) is 18.9. The number of aryl methyl sites for hydroxylation is 1. The highest BCUT2D eigenvalue weighted by atomic mass is 16.1. The number of aromatic nitrogens is 7. The molecule has 4 aromatic rings. The number of nitrogens with zero attached hydrogens (tertiary/aromatic N) is 6. The molecule has 5 rings (SSSR count). The normalized spacial score (nSPS) is 15.3. The summed E-state index contributed by atoms with van der Waals surface area (Å²) in [4.78, 5) is 24.3. The number of nitrogens with one attached hydrogen (secondary N) is 3. The summed E-state index contributed by atoms with van der Waals surface area (Å²) in [5.74, 6) is 2.06. The molecule has 1 amide bonds. The van der Waals surface area contributed by atoms with Crippen molar-refractivity contribution in [3.63, 3.8) is 0 Å². The van der Waals surface area contributed by atoms with Crippen molar-refractivity contribution in [2.45, 2.75) is 32.0 Å². The molecular weight excluding hydrogens is 394 g/mol. The Kier molecular flexibility index (Phi) is 5.09. The standard InChI is InChI=1S/C21H21N9O/c31-21(26-17-5-2-10-30-20(17)24-13-25-30)15-3-1-4-16(11-15)23-12-18-27-19(29-28-18)14-6-8-22-9-7-14/h1,3-4,6-9,11,13,17,23H,2,5,10,12H2,(H,26,31)(H,27,28,29). The van der Waals surface area contributed by atoms with Gasteiger partial charge in [-0.25, -0.2) is 9.67 Å². The van der Waals surface area contributed by atoms with E-state index in [-0.39, 0.29) is 11.9 Å². The van der Waals surface area contributed by atoms with E-state index < -0.39 is 0 Å². The molecule has 3 aromatic heterocycles. The molecule has 31 heavy (non-hydrogen) atoms. The van der Waals surface area contributed by atoms with Gasteiger partial charge in [-0.05, 0) is 43.2 Å². The molecule has 0 aliphatic carbocycles. The van der Waals surface area contributed by atoms with Crippen LogP contribution in [0.3, 0.4) is 0 Å². The van der Waals surface area contributed by atoms with Crippen LogP contribution in [-0.4, -0.2) is 40.8 Å². The van der Waals surface area contributed by atoms with Crippen molar-refractivity contribution < 1.29 is 4.79 Å². The van der Waals surface area contributed by atoms with Crippen LogP contribution in [0, 0.1) is 0 Å². The first-order valence-corrected chi connectivity index (χ1v) is 10.1. The van der Waals surface area contributed by atoms with E-state index in [0.29, 0.717) is 23.8 Å². The predicted octanol–water partition coefficient (Wildman–Crippen LogP) is 2.34. The highest BCUT2D eigenvalue weighted by Crippen LogP contribution is 2.23. The lowest BCUT2D eigenvalue weighted by atomic mass is 10.1. The van der Waals surface area contributed by atoms with Gasteiger partial charge in [0.2, 0.25) is 0 Å². The van der Waals surface area contributed by atoms with Gasteiger partial charge in [0.05, 0.1) is 12.6 Å². The Morgan fingerprint density at radius 2 is 2.10 bits per heavy atom. The minimum Gasteiger partial charge on any atom is -0.378 e. The topological polar surface area (TPSA) is 126 Å². The second-order valence-corrected chi connectivity index (χ2v) is 7.30.